The summed E-state index contributed by atoms with van der Waals surface area (Å²) in [5, 5.41) is 0. The van der Waals surface area contributed by atoms with Crippen LogP contribution in [0.4, 0.5) is 5.69 Å². The van der Waals surface area contributed by atoms with Crippen LogP contribution in [-0.4, -0.2) is 44.5 Å². The SMILES string of the molecule is Cc1ccc(C(=O)CCc2cn(-c3ccc(-n4ccccc4=O)cc3N3CCSCC3)cn2)s1. The molecule has 0 spiro atoms. The van der Waals surface area contributed by atoms with E-state index < -0.39 is 0 Å². The van der Waals surface area contributed by atoms with E-state index in [1.54, 1.807) is 34.2 Å². The summed E-state index contributed by atoms with van der Waals surface area (Å²) >= 11 is 3.51. The van der Waals surface area contributed by atoms with E-state index in [1.165, 1.54) is 0 Å². The minimum atomic E-state index is -0.0501. The van der Waals surface area contributed by atoms with Gasteiger partial charge in [0.25, 0.3) is 5.56 Å². The summed E-state index contributed by atoms with van der Waals surface area (Å²) in [4.78, 5) is 33.8. The Morgan fingerprint density at radius 1 is 1.06 bits per heavy atom. The van der Waals surface area contributed by atoms with Gasteiger partial charge in [-0.1, -0.05) is 6.07 Å². The molecule has 0 bridgehead atoms. The van der Waals surface area contributed by atoms with E-state index in [9.17, 15) is 9.59 Å². The van der Waals surface area contributed by atoms with Crippen molar-refractivity contribution in [2.75, 3.05) is 29.5 Å². The first-order valence-corrected chi connectivity index (χ1v) is 13.3. The first-order valence-electron chi connectivity index (χ1n) is 11.4. The highest BCUT2D eigenvalue weighted by molar-refractivity contribution is 7.99. The number of aryl methyl sites for hydroxylation is 2. The number of Topliss-reactive ketones (excluding diaryl/α,β-unsaturated/α-hetero) is 1. The number of ketones is 1. The molecule has 0 radical (unpaired) electrons. The van der Waals surface area contributed by atoms with Gasteiger partial charge in [-0.25, -0.2) is 4.98 Å². The van der Waals surface area contributed by atoms with Crippen LogP contribution in [0.5, 0.6) is 0 Å². The van der Waals surface area contributed by atoms with Crippen LogP contribution < -0.4 is 10.5 Å². The van der Waals surface area contributed by atoms with E-state index in [0.717, 1.165) is 57.1 Å². The largest absolute Gasteiger partial charge is 0.368 e. The number of thioether (sulfide) groups is 1. The van der Waals surface area contributed by atoms with Gasteiger partial charge in [0.15, 0.2) is 5.78 Å². The highest BCUT2D eigenvalue weighted by Gasteiger charge is 2.18. The van der Waals surface area contributed by atoms with Crippen LogP contribution in [0.25, 0.3) is 11.4 Å². The van der Waals surface area contributed by atoms with Crippen molar-refractivity contribution in [2.45, 2.75) is 19.8 Å². The lowest BCUT2D eigenvalue weighted by molar-refractivity contribution is 0.0986. The molecule has 0 N–H and O–H groups in total. The van der Waals surface area contributed by atoms with Gasteiger partial charge < -0.3 is 9.47 Å². The number of anilines is 1. The molecule has 174 valence electrons. The molecule has 8 heteroatoms. The van der Waals surface area contributed by atoms with Crippen molar-refractivity contribution in [1.82, 2.24) is 14.1 Å². The molecule has 0 amide bonds. The topological polar surface area (TPSA) is 60.1 Å². The Kier molecular flexibility index (Phi) is 6.69. The molecule has 34 heavy (non-hydrogen) atoms. The number of nitrogens with zero attached hydrogens (tertiary/aromatic N) is 4. The molecule has 1 aliphatic rings. The molecule has 1 saturated heterocycles. The summed E-state index contributed by atoms with van der Waals surface area (Å²) in [7, 11) is 0. The summed E-state index contributed by atoms with van der Waals surface area (Å²) in [5.41, 5.74) is 3.80. The lowest BCUT2D eigenvalue weighted by Gasteiger charge is -2.31. The second-order valence-corrected chi connectivity index (χ2v) is 10.8. The van der Waals surface area contributed by atoms with Gasteiger partial charge in [-0.3, -0.25) is 14.2 Å². The van der Waals surface area contributed by atoms with Gasteiger partial charge in [0.05, 0.1) is 34.0 Å². The van der Waals surface area contributed by atoms with Crippen molar-refractivity contribution < 1.29 is 4.79 Å². The molecule has 6 nitrogen and oxygen atoms in total. The number of hydrogen-bond acceptors (Lipinski definition) is 6. The maximum atomic E-state index is 12.5. The summed E-state index contributed by atoms with van der Waals surface area (Å²) in [6, 6.07) is 15.2. The molecule has 0 aliphatic carbocycles. The quantitative estimate of drug-likeness (QED) is 0.350. The fourth-order valence-corrected chi connectivity index (χ4v) is 5.89. The zero-order valence-corrected chi connectivity index (χ0v) is 20.6. The summed E-state index contributed by atoms with van der Waals surface area (Å²) in [6.45, 7) is 3.93. The predicted molar refractivity (Wildman–Crippen MR) is 140 cm³/mol. The third kappa shape index (κ3) is 4.88. The van der Waals surface area contributed by atoms with Gasteiger partial charge in [-0.05, 0) is 49.7 Å². The molecule has 0 atom stereocenters. The Bertz CT molecular complexity index is 1360. The molecular weight excluding hydrogens is 464 g/mol. The fourth-order valence-electron chi connectivity index (χ4n) is 4.15. The van der Waals surface area contributed by atoms with Crippen molar-refractivity contribution in [3.63, 3.8) is 0 Å². The number of thiophene rings is 1. The first kappa shape index (κ1) is 22.7. The van der Waals surface area contributed by atoms with E-state index in [1.807, 2.05) is 60.0 Å². The molecule has 4 heterocycles. The van der Waals surface area contributed by atoms with Gasteiger partial charge in [0.1, 0.15) is 0 Å². The Labute approximate surface area is 206 Å². The number of carbonyl (C=O) groups is 1. The van der Waals surface area contributed by atoms with Gasteiger partial charge in [-0.2, -0.15) is 11.8 Å². The highest BCUT2D eigenvalue weighted by atomic mass is 32.2. The molecule has 1 fully saturated rings. The third-order valence-corrected chi connectivity index (χ3v) is 7.93. The second-order valence-electron chi connectivity index (χ2n) is 8.29. The minimum Gasteiger partial charge on any atom is -0.368 e. The average Bonchev–Trinajstić information content (AvgIpc) is 3.52. The number of benzene rings is 1. The van der Waals surface area contributed by atoms with Crippen LogP contribution in [0.2, 0.25) is 0 Å². The van der Waals surface area contributed by atoms with Gasteiger partial charge in [0, 0.05) is 54.4 Å². The Balaban J connectivity index is 1.42. The summed E-state index contributed by atoms with van der Waals surface area (Å²) in [6.07, 6.45) is 6.69. The van der Waals surface area contributed by atoms with E-state index >= 15 is 0 Å². The second kappa shape index (κ2) is 10.0. The number of aromatic nitrogens is 3. The molecule has 1 aromatic carbocycles. The monoisotopic (exact) mass is 490 g/mol. The Morgan fingerprint density at radius 3 is 2.68 bits per heavy atom. The number of carbonyl (C=O) groups excluding carboxylic acids is 1. The van der Waals surface area contributed by atoms with Crippen LogP contribution in [0, 0.1) is 6.92 Å². The van der Waals surface area contributed by atoms with Gasteiger partial charge >= 0.3 is 0 Å². The standard InChI is InChI=1S/C26H26N4O2S2/c1-19-5-10-25(34-19)24(31)9-6-20-17-29(18-27-20)22-8-7-21(30-11-3-2-4-26(30)32)16-23(22)28-12-14-33-15-13-28/h2-5,7-8,10-11,16-18H,6,9,12-15H2,1H3. The maximum absolute atomic E-state index is 12.5. The molecule has 3 aromatic heterocycles. The molecule has 4 aromatic rings. The third-order valence-electron chi connectivity index (χ3n) is 5.95. The molecule has 5 rings (SSSR count). The predicted octanol–water partition coefficient (Wildman–Crippen LogP) is 4.76. The molecule has 0 unspecified atom stereocenters. The Hall–Kier alpha value is -3.10. The number of pyridine rings is 1. The summed E-state index contributed by atoms with van der Waals surface area (Å²) < 4.78 is 3.70. The van der Waals surface area contributed by atoms with Crippen LogP contribution in [-0.2, 0) is 6.42 Å². The van der Waals surface area contributed by atoms with Crippen molar-refractivity contribution in [1.29, 1.82) is 0 Å². The van der Waals surface area contributed by atoms with Crippen LogP contribution >= 0.6 is 23.1 Å². The highest BCUT2D eigenvalue weighted by Crippen LogP contribution is 2.30. The lowest BCUT2D eigenvalue weighted by atomic mass is 10.1. The van der Waals surface area contributed by atoms with Crippen molar-refractivity contribution >= 4 is 34.6 Å². The van der Waals surface area contributed by atoms with Crippen LogP contribution in [0.15, 0.2) is 72.0 Å². The lowest BCUT2D eigenvalue weighted by Crippen LogP contribution is -2.33. The number of rotatable bonds is 7. The molecular formula is C26H26N4O2S2. The van der Waals surface area contributed by atoms with E-state index in [0.29, 0.717) is 12.8 Å². The minimum absolute atomic E-state index is 0.0501. The van der Waals surface area contributed by atoms with E-state index in [2.05, 4.69) is 22.0 Å². The van der Waals surface area contributed by atoms with Crippen LogP contribution in [0.3, 0.4) is 0 Å². The first-order chi connectivity index (χ1) is 16.6. The summed E-state index contributed by atoms with van der Waals surface area (Å²) in [5.74, 6) is 2.32. The van der Waals surface area contributed by atoms with E-state index in [-0.39, 0.29) is 11.3 Å². The molecule has 1 aliphatic heterocycles. The molecule has 0 saturated carbocycles. The number of hydrogen-bond donors (Lipinski definition) is 0. The zero-order chi connectivity index (χ0) is 23.5. The fraction of sp³-hybridized carbons (Fsp3) is 0.269. The van der Waals surface area contributed by atoms with Crippen LogP contribution in [0.1, 0.15) is 26.7 Å². The zero-order valence-electron chi connectivity index (χ0n) is 19.0. The normalized spacial score (nSPS) is 13.9. The van der Waals surface area contributed by atoms with Crippen molar-refractivity contribution in [3.05, 3.63) is 93.1 Å². The smallest absolute Gasteiger partial charge is 0.255 e. The van der Waals surface area contributed by atoms with Crippen molar-refractivity contribution in [2.24, 2.45) is 0 Å². The average molecular weight is 491 g/mol. The maximum Gasteiger partial charge on any atom is 0.255 e. The van der Waals surface area contributed by atoms with Crippen molar-refractivity contribution in [3.8, 4) is 11.4 Å². The number of imidazole rings is 1. The van der Waals surface area contributed by atoms with Gasteiger partial charge in [-0.15, -0.1) is 11.3 Å². The van der Waals surface area contributed by atoms with E-state index in [4.69, 9.17) is 0 Å². The Morgan fingerprint density at radius 2 is 1.91 bits per heavy atom. The van der Waals surface area contributed by atoms with Gasteiger partial charge in [0.2, 0.25) is 0 Å².